The van der Waals surface area contributed by atoms with E-state index in [1.807, 2.05) is 36.5 Å². The predicted octanol–water partition coefficient (Wildman–Crippen LogP) is 0.490. The van der Waals surface area contributed by atoms with Gasteiger partial charge in [0.15, 0.2) is 18.0 Å². The molecular weight excluding hydrogens is 380 g/mol. The zero-order chi connectivity index (χ0) is 20.9. The number of amides is 1. The number of ether oxygens (including phenoxy) is 2. The van der Waals surface area contributed by atoms with Gasteiger partial charge in [0.05, 0.1) is 12.2 Å². The first-order valence-corrected chi connectivity index (χ1v) is 10.8. The number of piperazine rings is 1. The SMILES string of the molecule is CC(C)[C@@H](NC(=O)C[NH+]1CCN(c2cccc[nH+]2)CC1)c1ccc2c(c1)OCCO2. The van der Waals surface area contributed by atoms with Crippen LogP contribution < -0.4 is 29.6 Å². The van der Waals surface area contributed by atoms with Crippen molar-refractivity contribution in [1.82, 2.24) is 5.32 Å². The number of benzene rings is 1. The lowest BCUT2D eigenvalue weighted by atomic mass is 9.95. The normalized spacial score (nSPS) is 17.6. The molecule has 7 nitrogen and oxygen atoms in total. The summed E-state index contributed by atoms with van der Waals surface area (Å²) in [4.78, 5) is 19.8. The Morgan fingerprint density at radius 3 is 2.60 bits per heavy atom. The molecule has 1 amide bonds. The van der Waals surface area contributed by atoms with Gasteiger partial charge in [0.25, 0.3) is 11.7 Å². The highest BCUT2D eigenvalue weighted by atomic mass is 16.6. The van der Waals surface area contributed by atoms with Gasteiger partial charge in [-0.05, 0) is 29.7 Å². The maximum atomic E-state index is 12.8. The smallest absolute Gasteiger partial charge is 0.275 e. The van der Waals surface area contributed by atoms with Crippen molar-refractivity contribution in [3.63, 3.8) is 0 Å². The zero-order valence-corrected chi connectivity index (χ0v) is 17.8. The molecule has 1 aromatic carbocycles. The summed E-state index contributed by atoms with van der Waals surface area (Å²) < 4.78 is 11.3. The van der Waals surface area contributed by atoms with Crippen molar-refractivity contribution in [1.29, 1.82) is 0 Å². The first-order chi connectivity index (χ1) is 14.6. The van der Waals surface area contributed by atoms with Crippen LogP contribution in [0.4, 0.5) is 5.82 Å². The average Bonchev–Trinajstić information content (AvgIpc) is 2.78. The minimum atomic E-state index is -0.0482. The highest BCUT2D eigenvalue weighted by molar-refractivity contribution is 5.77. The number of carbonyl (C=O) groups is 1. The second kappa shape index (κ2) is 9.34. The van der Waals surface area contributed by atoms with Crippen molar-refractivity contribution >= 4 is 11.7 Å². The van der Waals surface area contributed by atoms with Crippen molar-refractivity contribution in [2.45, 2.75) is 19.9 Å². The number of nitrogens with zero attached hydrogens (tertiary/aromatic N) is 1. The van der Waals surface area contributed by atoms with E-state index in [0.717, 1.165) is 49.1 Å². The van der Waals surface area contributed by atoms with Crippen LogP contribution in [0.2, 0.25) is 0 Å². The van der Waals surface area contributed by atoms with E-state index < -0.39 is 0 Å². The Bertz CT molecular complexity index is 851. The topological polar surface area (TPSA) is 69.4 Å². The van der Waals surface area contributed by atoms with E-state index in [-0.39, 0.29) is 17.9 Å². The molecule has 2 aromatic rings. The van der Waals surface area contributed by atoms with Crippen LogP contribution >= 0.6 is 0 Å². The molecule has 1 saturated heterocycles. The number of quaternary nitrogens is 1. The lowest BCUT2D eigenvalue weighted by molar-refractivity contribution is -0.892. The Hall–Kier alpha value is -2.80. The number of H-pyrrole nitrogens is 1. The maximum Gasteiger partial charge on any atom is 0.275 e. The predicted molar refractivity (Wildman–Crippen MR) is 114 cm³/mol. The minimum absolute atomic E-state index is 0.0482. The van der Waals surface area contributed by atoms with E-state index in [1.165, 1.54) is 4.90 Å². The van der Waals surface area contributed by atoms with Gasteiger partial charge in [-0.25, -0.2) is 4.98 Å². The van der Waals surface area contributed by atoms with Gasteiger partial charge in [0.2, 0.25) is 0 Å². The van der Waals surface area contributed by atoms with Gasteiger partial charge >= 0.3 is 0 Å². The van der Waals surface area contributed by atoms with Crippen LogP contribution in [-0.4, -0.2) is 51.8 Å². The number of hydrogen-bond acceptors (Lipinski definition) is 4. The summed E-state index contributed by atoms with van der Waals surface area (Å²) in [5, 5.41) is 3.25. The van der Waals surface area contributed by atoms with Crippen LogP contribution in [0.15, 0.2) is 42.6 Å². The quantitative estimate of drug-likeness (QED) is 0.725. The Morgan fingerprint density at radius 1 is 1.13 bits per heavy atom. The number of nitrogens with one attached hydrogen (secondary N) is 3. The number of fused-ring (bicyclic) bond motifs is 1. The number of hydrogen-bond donors (Lipinski definition) is 2. The fourth-order valence-corrected chi connectivity index (χ4v) is 4.16. The summed E-state index contributed by atoms with van der Waals surface area (Å²) in [7, 11) is 0. The molecule has 1 atom stereocenters. The molecule has 2 aliphatic rings. The molecule has 7 heteroatoms. The second-order valence-corrected chi connectivity index (χ2v) is 8.35. The molecule has 2 aliphatic heterocycles. The molecule has 1 fully saturated rings. The Balaban J connectivity index is 1.33. The third kappa shape index (κ3) is 4.84. The molecule has 0 spiro atoms. The van der Waals surface area contributed by atoms with Crippen molar-refractivity contribution < 1.29 is 24.2 Å². The van der Waals surface area contributed by atoms with Gasteiger partial charge in [0, 0.05) is 6.07 Å². The molecule has 0 unspecified atom stereocenters. The third-order valence-corrected chi connectivity index (χ3v) is 5.82. The molecule has 4 rings (SSSR count). The van der Waals surface area contributed by atoms with Gasteiger partial charge in [-0.3, -0.25) is 9.69 Å². The van der Waals surface area contributed by atoms with E-state index in [4.69, 9.17) is 9.47 Å². The maximum absolute atomic E-state index is 12.8. The van der Waals surface area contributed by atoms with Crippen molar-refractivity contribution in [3.8, 4) is 11.5 Å². The highest BCUT2D eigenvalue weighted by Crippen LogP contribution is 2.34. The van der Waals surface area contributed by atoms with Gasteiger partial charge in [-0.1, -0.05) is 26.0 Å². The van der Waals surface area contributed by atoms with Gasteiger partial charge < -0.3 is 19.7 Å². The molecular formula is C23H32N4O3+2. The number of aromatic amines is 1. The molecule has 3 heterocycles. The van der Waals surface area contributed by atoms with Gasteiger partial charge in [0.1, 0.15) is 39.4 Å². The molecule has 1 aromatic heterocycles. The number of anilines is 1. The van der Waals surface area contributed by atoms with Gasteiger partial charge in [-0.2, -0.15) is 0 Å². The zero-order valence-electron chi connectivity index (χ0n) is 17.8. The lowest BCUT2D eigenvalue weighted by Crippen LogP contribution is -3.16. The molecule has 30 heavy (non-hydrogen) atoms. The summed E-state index contributed by atoms with van der Waals surface area (Å²) in [6, 6.07) is 12.1. The van der Waals surface area contributed by atoms with Crippen LogP contribution in [0.5, 0.6) is 11.5 Å². The van der Waals surface area contributed by atoms with E-state index >= 15 is 0 Å². The largest absolute Gasteiger partial charge is 0.486 e. The molecule has 3 N–H and O–H groups in total. The summed E-state index contributed by atoms with van der Waals surface area (Å²) in [5.41, 5.74) is 1.06. The molecule has 0 radical (unpaired) electrons. The third-order valence-electron chi connectivity index (χ3n) is 5.82. The first-order valence-electron chi connectivity index (χ1n) is 10.8. The Kier molecular flexibility index (Phi) is 6.38. The lowest BCUT2D eigenvalue weighted by Gasteiger charge is -2.29. The van der Waals surface area contributed by atoms with E-state index in [9.17, 15) is 4.79 Å². The van der Waals surface area contributed by atoms with E-state index in [2.05, 4.69) is 35.1 Å². The molecule has 0 bridgehead atoms. The first kappa shape index (κ1) is 20.5. The van der Waals surface area contributed by atoms with Crippen LogP contribution in [0.1, 0.15) is 25.5 Å². The minimum Gasteiger partial charge on any atom is -0.486 e. The van der Waals surface area contributed by atoms with Crippen molar-refractivity contribution in [2.75, 3.05) is 50.8 Å². The summed E-state index contributed by atoms with van der Waals surface area (Å²) in [6.45, 7) is 9.69. The fourth-order valence-electron chi connectivity index (χ4n) is 4.16. The summed E-state index contributed by atoms with van der Waals surface area (Å²) >= 11 is 0. The number of pyridine rings is 1. The number of aromatic nitrogens is 1. The number of rotatable bonds is 6. The van der Waals surface area contributed by atoms with Crippen LogP contribution in [0, 0.1) is 5.92 Å². The van der Waals surface area contributed by atoms with Crippen molar-refractivity contribution in [3.05, 3.63) is 48.2 Å². The monoisotopic (exact) mass is 412 g/mol. The van der Waals surface area contributed by atoms with E-state index in [0.29, 0.717) is 19.8 Å². The number of carbonyl (C=O) groups excluding carboxylic acids is 1. The van der Waals surface area contributed by atoms with Crippen molar-refractivity contribution in [2.24, 2.45) is 5.92 Å². The van der Waals surface area contributed by atoms with Gasteiger partial charge in [-0.15, -0.1) is 0 Å². The average molecular weight is 413 g/mol. The second-order valence-electron chi connectivity index (χ2n) is 8.35. The fraction of sp³-hybridized carbons (Fsp3) is 0.478. The molecule has 160 valence electrons. The van der Waals surface area contributed by atoms with Crippen LogP contribution in [-0.2, 0) is 4.79 Å². The Labute approximate surface area is 178 Å². The summed E-state index contributed by atoms with van der Waals surface area (Å²) in [6.07, 6.45) is 1.95. The van der Waals surface area contributed by atoms with Crippen LogP contribution in [0.3, 0.4) is 0 Å². The Morgan fingerprint density at radius 2 is 1.90 bits per heavy atom. The van der Waals surface area contributed by atoms with E-state index in [1.54, 1.807) is 0 Å². The summed E-state index contributed by atoms with van der Waals surface area (Å²) in [5.74, 6) is 3.05. The molecule has 0 aliphatic carbocycles. The van der Waals surface area contributed by atoms with Crippen LogP contribution in [0.25, 0.3) is 0 Å². The highest BCUT2D eigenvalue weighted by Gasteiger charge is 2.28. The molecule has 0 saturated carbocycles. The standard InChI is InChI=1S/C23H30N4O3/c1-17(2)23(18-6-7-19-20(15-18)30-14-13-29-19)25-22(28)16-26-9-11-27(12-10-26)21-5-3-4-8-24-21/h3-8,15,17,23H,9-14,16H2,1-2H3,(H,25,28)/p+2/t23-/m1/s1.